The summed E-state index contributed by atoms with van der Waals surface area (Å²) in [5.41, 5.74) is 22.8. The highest BCUT2D eigenvalue weighted by molar-refractivity contribution is 6.25. The van der Waals surface area contributed by atoms with Gasteiger partial charge in [0, 0.05) is 76.7 Å². The van der Waals surface area contributed by atoms with E-state index in [-0.39, 0.29) is 0 Å². The lowest BCUT2D eigenvalue weighted by Crippen LogP contribution is -2.02. The predicted octanol–water partition coefficient (Wildman–Crippen LogP) is 30.5. The molecule has 584 valence electrons. The zero-order chi connectivity index (χ0) is 82.6. The fourth-order valence-electron chi connectivity index (χ4n) is 19.4. The Morgan fingerprint density at radius 3 is 1.20 bits per heavy atom. The maximum atomic E-state index is 7.16. The van der Waals surface area contributed by atoms with Crippen LogP contribution in [0.25, 0.3) is 266 Å². The lowest BCUT2D eigenvalue weighted by atomic mass is 9.97. The third-order valence-corrected chi connectivity index (χ3v) is 25.5. The first-order valence-electron chi connectivity index (χ1n) is 42.6. The number of benzene rings is 20. The minimum Gasteiger partial charge on any atom is -0.455 e. The molecule has 0 amide bonds. The molecule has 10 nitrogen and oxygen atoms in total. The second-order valence-corrected chi connectivity index (χ2v) is 32.8. The van der Waals surface area contributed by atoms with E-state index in [0.717, 1.165) is 193 Å². The molecule has 26 aromatic rings. The molecule has 0 radical (unpaired) electrons. The molecule has 0 aliphatic heterocycles. The fourth-order valence-corrected chi connectivity index (χ4v) is 19.4. The summed E-state index contributed by atoms with van der Waals surface area (Å²) < 4.78 is 19.0. The fraction of sp³-hybridized carbons (Fsp3) is 0. The SMILES string of the molecule is c1ccc(-c2ccc(-c3nc(-c4cccc(-c5ccccc5)c4)nc(-c4cc(-n5c6ccccc6c6cc7cc(-c8ccc(-c9cccc(-c%10nc(-c%11ccc%12ccccc%12c%11)nc(-c%11cc(-n%12c%13cc%14ccccc%14cc%13c%13c%14ccccc%14ccc%13%12)cc%12c%11oc%11ccccc%11%12)n%10)c9)cc8)ccc7cc65)cc5c4oc4ccc6ccccc6c45)n3)cc2)cc1. The van der Waals surface area contributed by atoms with Crippen molar-refractivity contribution in [2.75, 3.05) is 0 Å². The summed E-state index contributed by atoms with van der Waals surface area (Å²) in [5.74, 6) is 3.18. The second-order valence-electron chi connectivity index (χ2n) is 32.8. The first-order valence-corrected chi connectivity index (χ1v) is 42.6. The molecule has 0 fully saturated rings. The Morgan fingerprint density at radius 1 is 0.167 bits per heavy atom. The quantitative estimate of drug-likeness (QED) is 0.119. The summed E-state index contributed by atoms with van der Waals surface area (Å²) in [6.45, 7) is 0. The van der Waals surface area contributed by atoms with Gasteiger partial charge in [0.2, 0.25) is 0 Å². The number of hydrogen-bond donors (Lipinski definition) is 0. The molecule has 0 unspecified atom stereocenters. The molecule has 0 spiro atoms. The normalized spacial score (nSPS) is 12.0. The number of nitrogens with zero attached hydrogens (tertiary/aromatic N) is 8. The highest BCUT2D eigenvalue weighted by Crippen LogP contribution is 2.48. The highest BCUT2D eigenvalue weighted by Gasteiger charge is 2.27. The molecule has 0 bridgehead atoms. The van der Waals surface area contributed by atoms with E-state index >= 15 is 0 Å². The molecular weight excluding hydrogens is 1540 g/mol. The summed E-state index contributed by atoms with van der Waals surface area (Å²) in [6, 6.07) is 147. The van der Waals surface area contributed by atoms with Gasteiger partial charge in [0.25, 0.3) is 0 Å². The monoisotopic (exact) mass is 1600 g/mol. The molecule has 20 aromatic carbocycles. The van der Waals surface area contributed by atoms with Crippen molar-refractivity contribution >= 4 is 141 Å². The Morgan fingerprint density at radius 2 is 0.548 bits per heavy atom. The Balaban J connectivity index is 0.586. The smallest absolute Gasteiger partial charge is 0.167 e. The molecule has 0 saturated carbocycles. The van der Waals surface area contributed by atoms with E-state index in [4.69, 9.17) is 38.7 Å². The average Bonchev–Trinajstić information content (AvgIpc) is 1.56. The van der Waals surface area contributed by atoms with Crippen LogP contribution in [-0.4, -0.2) is 39.0 Å². The van der Waals surface area contributed by atoms with Gasteiger partial charge in [0.05, 0.1) is 33.2 Å². The maximum absolute atomic E-state index is 7.16. The molecule has 6 heterocycles. The van der Waals surface area contributed by atoms with E-state index in [0.29, 0.717) is 46.1 Å². The van der Waals surface area contributed by atoms with Gasteiger partial charge < -0.3 is 18.0 Å². The first-order chi connectivity index (χ1) is 62.4. The van der Waals surface area contributed by atoms with E-state index < -0.39 is 0 Å². The molecule has 0 aliphatic rings. The van der Waals surface area contributed by atoms with Crippen molar-refractivity contribution in [3.8, 4) is 124 Å². The van der Waals surface area contributed by atoms with Gasteiger partial charge in [-0.05, 0) is 195 Å². The Kier molecular flexibility index (Phi) is 15.9. The number of furan rings is 2. The van der Waals surface area contributed by atoms with Crippen LogP contribution < -0.4 is 0 Å². The van der Waals surface area contributed by atoms with E-state index in [1.807, 2.05) is 24.3 Å². The number of rotatable bonds is 12. The highest BCUT2D eigenvalue weighted by atomic mass is 16.3. The van der Waals surface area contributed by atoms with Gasteiger partial charge in [0.15, 0.2) is 34.9 Å². The Labute approximate surface area is 721 Å². The van der Waals surface area contributed by atoms with Crippen molar-refractivity contribution in [3.63, 3.8) is 0 Å². The van der Waals surface area contributed by atoms with Crippen LogP contribution in [0.3, 0.4) is 0 Å². The number of aromatic nitrogens is 8. The van der Waals surface area contributed by atoms with Crippen LogP contribution >= 0.6 is 0 Å². The second kappa shape index (κ2) is 28.3. The van der Waals surface area contributed by atoms with Crippen molar-refractivity contribution in [1.29, 1.82) is 0 Å². The summed E-state index contributed by atoms with van der Waals surface area (Å²) in [6.07, 6.45) is 0. The Bertz CT molecular complexity index is 9040. The third-order valence-electron chi connectivity index (χ3n) is 25.5. The van der Waals surface area contributed by atoms with Crippen LogP contribution in [0.15, 0.2) is 421 Å². The molecule has 6 aromatic heterocycles. The van der Waals surface area contributed by atoms with E-state index in [2.05, 4.69) is 397 Å². The van der Waals surface area contributed by atoms with Crippen molar-refractivity contribution in [3.05, 3.63) is 413 Å². The molecule has 0 saturated heterocycles. The standard InChI is InChI=1S/C116H68N8O2/c1-3-21-69(22-4-1)72-45-48-77(49-46-72)111-117-112(85-33-19-31-79(57-85)70-23-5-2-6-24-70)120-116(119-111)100-68-90(66-98-108-92-36-14-12-27-76(92)54-56-106(108)126-110(98)100)123-101-39-17-15-37-93(101)95-62-88-60-83(50-51-84(88)64-103(95)123)74-43-41-73(42-44-74)80-32-20-34-86(58-80)113-118-114(87-52-47-71-25-7-8-28-78(71)59-87)122-115(121-113)99-67-89(65-96-94-38-16-18-40-105(94)125-109(96)99)124-102-55-53-75-26-11-13-35-91(75)107(102)97-61-81-29-9-10-30-82(81)63-104(97)124/h1-68H. The molecule has 0 N–H and O–H groups in total. The molecule has 26 rings (SSSR count). The molecule has 126 heavy (non-hydrogen) atoms. The molecule has 0 atom stereocenters. The van der Waals surface area contributed by atoms with Gasteiger partial charge in [-0.3, -0.25) is 0 Å². The number of para-hydroxylation sites is 2. The van der Waals surface area contributed by atoms with Crippen molar-refractivity contribution in [2.24, 2.45) is 0 Å². The topological polar surface area (TPSA) is 113 Å². The van der Waals surface area contributed by atoms with E-state index in [1.54, 1.807) is 0 Å². The minimum atomic E-state index is 0.493. The van der Waals surface area contributed by atoms with E-state index in [9.17, 15) is 0 Å². The van der Waals surface area contributed by atoms with Crippen LogP contribution in [-0.2, 0) is 0 Å². The average molecular weight is 1610 g/mol. The molecule has 0 aliphatic carbocycles. The van der Waals surface area contributed by atoms with Crippen molar-refractivity contribution in [1.82, 2.24) is 39.0 Å². The summed E-state index contributed by atoms with van der Waals surface area (Å²) >= 11 is 0. The van der Waals surface area contributed by atoms with Crippen LogP contribution in [0.1, 0.15) is 0 Å². The zero-order valence-corrected chi connectivity index (χ0v) is 67.7. The van der Waals surface area contributed by atoms with E-state index in [1.165, 1.54) is 26.9 Å². The maximum Gasteiger partial charge on any atom is 0.167 e. The predicted molar refractivity (Wildman–Crippen MR) is 518 cm³/mol. The summed E-state index contributed by atoms with van der Waals surface area (Å²) in [7, 11) is 0. The Hall–Kier alpha value is -17.1. The van der Waals surface area contributed by atoms with Gasteiger partial charge in [0.1, 0.15) is 22.3 Å². The zero-order valence-electron chi connectivity index (χ0n) is 67.7. The molecular formula is C116H68N8O2. The largest absolute Gasteiger partial charge is 0.455 e. The lowest BCUT2D eigenvalue weighted by molar-refractivity contribution is 0.669. The van der Waals surface area contributed by atoms with Crippen LogP contribution in [0, 0.1) is 0 Å². The van der Waals surface area contributed by atoms with Gasteiger partial charge in [-0.15, -0.1) is 0 Å². The van der Waals surface area contributed by atoms with Gasteiger partial charge in [-0.25, -0.2) is 29.9 Å². The van der Waals surface area contributed by atoms with Crippen LogP contribution in [0.4, 0.5) is 0 Å². The van der Waals surface area contributed by atoms with Crippen molar-refractivity contribution < 1.29 is 8.83 Å². The minimum absolute atomic E-state index is 0.493. The number of fused-ring (bicyclic) bond motifs is 19. The molecule has 10 heteroatoms. The van der Waals surface area contributed by atoms with Crippen LogP contribution in [0.5, 0.6) is 0 Å². The third kappa shape index (κ3) is 11.6. The van der Waals surface area contributed by atoms with Crippen LogP contribution in [0.2, 0.25) is 0 Å². The lowest BCUT2D eigenvalue weighted by Gasteiger charge is -2.14. The van der Waals surface area contributed by atoms with Gasteiger partial charge >= 0.3 is 0 Å². The summed E-state index contributed by atoms with van der Waals surface area (Å²) in [5, 5.41) is 20.0. The number of hydrogen-bond acceptors (Lipinski definition) is 8. The van der Waals surface area contributed by atoms with Gasteiger partial charge in [-0.1, -0.05) is 315 Å². The summed E-state index contributed by atoms with van der Waals surface area (Å²) in [4.78, 5) is 32.8. The van der Waals surface area contributed by atoms with Crippen molar-refractivity contribution in [2.45, 2.75) is 0 Å². The first kappa shape index (κ1) is 70.7. The van der Waals surface area contributed by atoms with Gasteiger partial charge in [-0.2, -0.15) is 0 Å².